The van der Waals surface area contributed by atoms with Crippen LogP contribution in [-0.2, 0) is 16.0 Å². The fourth-order valence-corrected chi connectivity index (χ4v) is 7.24. The quantitative estimate of drug-likeness (QED) is 0.672. The van der Waals surface area contributed by atoms with Crippen molar-refractivity contribution in [2.45, 2.75) is 84.8 Å². The minimum absolute atomic E-state index is 0.00820. The highest BCUT2D eigenvalue weighted by Gasteiger charge is 2.54. The van der Waals surface area contributed by atoms with Gasteiger partial charge in [0.15, 0.2) is 0 Å². The number of carbonyl (C=O) groups excluding carboxylic acids is 2. The third-order valence-corrected chi connectivity index (χ3v) is 9.57. The average molecular weight is 469 g/mol. The van der Waals surface area contributed by atoms with Crippen LogP contribution in [0.1, 0.15) is 71.8 Å². The number of amides is 2. The topological polar surface area (TPSA) is 69.6 Å². The van der Waals surface area contributed by atoms with Crippen LogP contribution in [0.2, 0.25) is 0 Å². The summed E-state index contributed by atoms with van der Waals surface area (Å²) in [7, 11) is 0. The van der Waals surface area contributed by atoms with Crippen LogP contribution in [0, 0.1) is 35.0 Å². The second-order valence-electron chi connectivity index (χ2n) is 11.9. The van der Waals surface area contributed by atoms with E-state index in [1.165, 1.54) is 0 Å². The summed E-state index contributed by atoms with van der Waals surface area (Å²) >= 11 is 0. The second kappa shape index (κ2) is 10.4. The predicted octanol–water partition coefficient (Wildman–Crippen LogP) is 4.43. The highest BCUT2D eigenvalue weighted by atomic mass is 16.3. The van der Waals surface area contributed by atoms with Crippen molar-refractivity contribution in [3.05, 3.63) is 35.9 Å². The maximum atomic E-state index is 13.3. The van der Waals surface area contributed by atoms with Gasteiger partial charge < -0.3 is 15.3 Å². The number of fused-ring (bicyclic) bond motifs is 1. The van der Waals surface area contributed by atoms with Gasteiger partial charge in [-0.15, -0.1) is 0 Å². The first kappa shape index (κ1) is 25.2. The normalized spacial score (nSPS) is 35.3. The van der Waals surface area contributed by atoms with Crippen LogP contribution in [-0.4, -0.2) is 47.1 Å². The van der Waals surface area contributed by atoms with Gasteiger partial charge in [-0.05, 0) is 73.2 Å². The first-order valence-electron chi connectivity index (χ1n) is 13.5. The zero-order valence-electron chi connectivity index (χ0n) is 21.5. The third kappa shape index (κ3) is 5.19. The Morgan fingerprint density at radius 3 is 2.41 bits per heavy atom. The molecule has 34 heavy (non-hydrogen) atoms. The summed E-state index contributed by atoms with van der Waals surface area (Å²) < 4.78 is 0. The number of aliphatic hydroxyl groups excluding tert-OH is 1. The monoisotopic (exact) mass is 468 g/mol. The number of rotatable bonds is 5. The Morgan fingerprint density at radius 2 is 1.74 bits per heavy atom. The molecule has 2 amide bonds. The number of benzene rings is 1. The number of aliphatic hydroxyl groups is 1. The van der Waals surface area contributed by atoms with E-state index in [-0.39, 0.29) is 46.9 Å². The summed E-state index contributed by atoms with van der Waals surface area (Å²) in [6, 6.07) is 9.92. The highest BCUT2D eigenvalue weighted by molar-refractivity contribution is 5.79. The van der Waals surface area contributed by atoms with E-state index in [1.807, 2.05) is 42.2 Å². The van der Waals surface area contributed by atoms with Crippen molar-refractivity contribution in [2.24, 2.45) is 35.0 Å². The van der Waals surface area contributed by atoms with Crippen LogP contribution < -0.4 is 5.32 Å². The Labute approximate surface area is 205 Å². The smallest absolute Gasteiger partial charge is 0.225 e. The zero-order chi connectivity index (χ0) is 24.5. The van der Waals surface area contributed by atoms with Crippen molar-refractivity contribution in [1.29, 1.82) is 0 Å². The number of piperidine rings is 1. The molecule has 2 aliphatic carbocycles. The molecule has 5 nitrogen and oxygen atoms in total. The molecule has 1 aromatic carbocycles. The third-order valence-electron chi connectivity index (χ3n) is 9.57. The number of likely N-dealkylation sites (tertiary alicyclic amines) is 1. The molecule has 188 valence electrons. The fraction of sp³-hybridized carbons (Fsp3) is 0.724. The van der Waals surface area contributed by atoms with Gasteiger partial charge in [-0.2, -0.15) is 0 Å². The fourth-order valence-electron chi connectivity index (χ4n) is 7.24. The molecule has 0 radical (unpaired) electrons. The number of carbonyl (C=O) groups is 2. The Kier molecular flexibility index (Phi) is 7.71. The van der Waals surface area contributed by atoms with E-state index in [9.17, 15) is 14.7 Å². The van der Waals surface area contributed by atoms with Gasteiger partial charge in [0.2, 0.25) is 11.8 Å². The molecule has 1 heterocycles. The van der Waals surface area contributed by atoms with Crippen molar-refractivity contribution in [1.82, 2.24) is 10.2 Å². The van der Waals surface area contributed by atoms with Gasteiger partial charge >= 0.3 is 0 Å². The molecule has 5 heteroatoms. The summed E-state index contributed by atoms with van der Waals surface area (Å²) in [5.41, 5.74) is 1.09. The molecule has 1 saturated heterocycles. The Hall–Kier alpha value is -1.88. The summed E-state index contributed by atoms with van der Waals surface area (Å²) in [6.45, 7) is 10.5. The van der Waals surface area contributed by atoms with Crippen molar-refractivity contribution in [3.8, 4) is 0 Å². The van der Waals surface area contributed by atoms with Gasteiger partial charge in [0, 0.05) is 25.0 Å². The van der Waals surface area contributed by atoms with Crippen molar-refractivity contribution in [3.63, 3.8) is 0 Å². The van der Waals surface area contributed by atoms with Crippen molar-refractivity contribution >= 4 is 11.8 Å². The predicted molar refractivity (Wildman–Crippen MR) is 135 cm³/mol. The number of nitrogens with zero attached hydrogens (tertiary/aromatic N) is 1. The number of hydrogen-bond acceptors (Lipinski definition) is 3. The van der Waals surface area contributed by atoms with E-state index in [2.05, 4.69) is 26.1 Å². The molecular formula is C29H44N2O3. The van der Waals surface area contributed by atoms with Gasteiger partial charge in [-0.1, -0.05) is 58.0 Å². The standard InChI is InChI=1S/C29H44N2O3/c1-19-12-16-31(17-13-19)28(34)20(2)23-10-14-29(4)15-11-24(21(3)26(29)27(23)33)30-25(32)18-22-8-6-5-7-9-22/h5-9,19-21,23-24,26-27,33H,10-18H2,1-4H3,(H,30,32). The van der Waals surface area contributed by atoms with Gasteiger partial charge in [0.05, 0.1) is 12.5 Å². The average Bonchev–Trinajstić information content (AvgIpc) is 2.81. The molecule has 2 N–H and O–H groups in total. The van der Waals surface area contributed by atoms with E-state index in [4.69, 9.17) is 0 Å². The highest BCUT2D eigenvalue weighted by Crippen LogP contribution is 2.55. The van der Waals surface area contributed by atoms with Gasteiger partial charge in [0.25, 0.3) is 0 Å². The largest absolute Gasteiger partial charge is 0.392 e. The summed E-state index contributed by atoms with van der Waals surface area (Å²) in [4.78, 5) is 28.1. The molecule has 3 fully saturated rings. The zero-order valence-corrected chi connectivity index (χ0v) is 21.5. The number of hydrogen-bond donors (Lipinski definition) is 2. The van der Waals surface area contributed by atoms with Gasteiger partial charge in [-0.25, -0.2) is 0 Å². The Bertz CT molecular complexity index is 850. The first-order valence-corrected chi connectivity index (χ1v) is 13.5. The van der Waals surface area contributed by atoms with Crippen molar-refractivity contribution < 1.29 is 14.7 Å². The summed E-state index contributed by atoms with van der Waals surface area (Å²) in [6.07, 6.45) is 5.94. The molecule has 7 atom stereocenters. The second-order valence-corrected chi connectivity index (χ2v) is 11.9. The van der Waals surface area contributed by atoms with Crippen LogP contribution in [0.5, 0.6) is 0 Å². The molecule has 0 aromatic heterocycles. The van der Waals surface area contributed by atoms with Crippen LogP contribution >= 0.6 is 0 Å². The van der Waals surface area contributed by atoms with Crippen LogP contribution in [0.3, 0.4) is 0 Å². The SMILES string of the molecule is CC1CCN(C(=O)C(C)C2CCC3(C)CCC(NC(=O)Cc4ccccc4)C(C)C3C2O)CC1. The molecule has 1 aromatic rings. The maximum Gasteiger partial charge on any atom is 0.225 e. The molecule has 0 bridgehead atoms. The van der Waals surface area contributed by atoms with Crippen LogP contribution in [0.4, 0.5) is 0 Å². The molecule has 4 rings (SSSR count). The molecular weight excluding hydrogens is 424 g/mol. The Balaban J connectivity index is 1.42. The maximum absolute atomic E-state index is 13.3. The lowest BCUT2D eigenvalue weighted by Gasteiger charge is -2.56. The van der Waals surface area contributed by atoms with Crippen LogP contribution in [0.25, 0.3) is 0 Å². The van der Waals surface area contributed by atoms with E-state index < -0.39 is 6.10 Å². The molecule has 3 aliphatic rings. The van der Waals surface area contributed by atoms with E-state index in [1.54, 1.807) is 0 Å². The van der Waals surface area contributed by atoms with E-state index in [0.29, 0.717) is 12.3 Å². The lowest BCUT2D eigenvalue weighted by Crippen LogP contribution is -2.59. The van der Waals surface area contributed by atoms with E-state index in [0.717, 1.165) is 57.2 Å². The summed E-state index contributed by atoms with van der Waals surface area (Å²) in [5, 5.41) is 14.9. The molecule has 2 saturated carbocycles. The van der Waals surface area contributed by atoms with Gasteiger partial charge in [0.1, 0.15) is 0 Å². The van der Waals surface area contributed by atoms with Gasteiger partial charge in [-0.3, -0.25) is 9.59 Å². The van der Waals surface area contributed by atoms with E-state index >= 15 is 0 Å². The minimum Gasteiger partial charge on any atom is -0.392 e. The lowest BCUT2D eigenvalue weighted by atomic mass is 9.51. The summed E-state index contributed by atoms with van der Waals surface area (Å²) in [5.74, 6) is 1.07. The lowest BCUT2D eigenvalue weighted by molar-refractivity contribution is -0.152. The number of nitrogens with one attached hydrogen (secondary N) is 1. The van der Waals surface area contributed by atoms with Crippen molar-refractivity contribution in [2.75, 3.05) is 13.1 Å². The Morgan fingerprint density at radius 1 is 1.09 bits per heavy atom. The molecule has 1 aliphatic heterocycles. The van der Waals surface area contributed by atoms with Crippen LogP contribution in [0.15, 0.2) is 30.3 Å². The minimum atomic E-state index is -0.509. The first-order chi connectivity index (χ1) is 16.2. The molecule has 0 spiro atoms. The molecule has 7 unspecified atom stereocenters.